The van der Waals surface area contributed by atoms with Gasteiger partial charge in [-0.1, -0.05) is 6.92 Å². The second-order valence-electron chi connectivity index (χ2n) is 8.16. The summed E-state index contributed by atoms with van der Waals surface area (Å²) in [6.45, 7) is 6.10. The highest BCUT2D eigenvalue weighted by molar-refractivity contribution is 4.87. The first-order valence-electron chi connectivity index (χ1n) is 9.72. The van der Waals surface area contributed by atoms with Gasteiger partial charge in [0.1, 0.15) is 6.17 Å². The molecule has 6 atom stereocenters. The number of nitrogens with one attached hydrogen (secondary N) is 2. The summed E-state index contributed by atoms with van der Waals surface area (Å²) in [4.78, 5) is 2.32. The van der Waals surface area contributed by atoms with Gasteiger partial charge in [0.2, 0.25) is 0 Å². The highest BCUT2D eigenvalue weighted by atomic mass is 19.1. The molecule has 0 aromatic rings. The Bertz CT molecular complexity index is 359. The SMILES string of the molecule is CC1CCC(NCC2CCC(N3CCCC(F)C3)NC2)CC1N. The summed E-state index contributed by atoms with van der Waals surface area (Å²) in [7, 11) is 0. The Hall–Kier alpha value is -0.230. The number of rotatable bonds is 4. The number of nitrogens with zero attached hydrogens (tertiary/aromatic N) is 1. The normalized spacial score (nSPS) is 43.4. The number of alkyl halides is 1. The van der Waals surface area contributed by atoms with Crippen LogP contribution in [0.15, 0.2) is 0 Å². The summed E-state index contributed by atoms with van der Waals surface area (Å²) in [6, 6.07) is 0.969. The Labute approximate surface area is 140 Å². The predicted octanol–water partition coefficient (Wildman–Crippen LogP) is 1.85. The van der Waals surface area contributed by atoms with Crippen LogP contribution in [0.3, 0.4) is 0 Å². The van der Waals surface area contributed by atoms with E-state index in [2.05, 4.69) is 22.5 Å². The van der Waals surface area contributed by atoms with Crippen LogP contribution in [-0.4, -0.2) is 55.5 Å². The van der Waals surface area contributed by atoms with E-state index >= 15 is 0 Å². The molecule has 1 saturated carbocycles. The van der Waals surface area contributed by atoms with Gasteiger partial charge in [-0.2, -0.15) is 0 Å². The molecule has 2 saturated heterocycles. The molecule has 3 aliphatic rings. The van der Waals surface area contributed by atoms with Crippen molar-refractivity contribution in [2.24, 2.45) is 17.6 Å². The summed E-state index contributed by atoms with van der Waals surface area (Å²) in [6.07, 6.45) is 7.56. The Kier molecular flexibility index (Phi) is 6.30. The maximum atomic E-state index is 13.6. The number of likely N-dealkylation sites (tertiary alicyclic amines) is 1. The van der Waals surface area contributed by atoms with Crippen molar-refractivity contribution in [2.75, 3.05) is 26.2 Å². The summed E-state index contributed by atoms with van der Waals surface area (Å²) in [5.74, 6) is 1.38. The average molecular weight is 327 g/mol. The van der Waals surface area contributed by atoms with Gasteiger partial charge in [0.25, 0.3) is 0 Å². The van der Waals surface area contributed by atoms with Gasteiger partial charge < -0.3 is 16.4 Å². The molecule has 134 valence electrons. The Morgan fingerprint density at radius 1 is 1.22 bits per heavy atom. The minimum atomic E-state index is -0.622. The molecule has 6 unspecified atom stereocenters. The molecule has 0 aromatic heterocycles. The van der Waals surface area contributed by atoms with Crippen LogP contribution < -0.4 is 16.4 Å². The van der Waals surface area contributed by atoms with E-state index in [0.717, 1.165) is 45.3 Å². The Morgan fingerprint density at radius 3 is 2.78 bits per heavy atom. The van der Waals surface area contributed by atoms with E-state index in [1.165, 1.54) is 19.3 Å². The molecule has 2 heterocycles. The predicted molar refractivity (Wildman–Crippen MR) is 93.0 cm³/mol. The van der Waals surface area contributed by atoms with Crippen molar-refractivity contribution in [3.63, 3.8) is 0 Å². The van der Waals surface area contributed by atoms with Crippen LogP contribution in [0, 0.1) is 11.8 Å². The molecule has 3 rings (SSSR count). The topological polar surface area (TPSA) is 53.3 Å². The zero-order valence-corrected chi connectivity index (χ0v) is 14.6. The smallest absolute Gasteiger partial charge is 0.113 e. The number of hydrogen-bond donors (Lipinski definition) is 3. The van der Waals surface area contributed by atoms with Gasteiger partial charge in [0.05, 0.1) is 6.17 Å². The zero-order chi connectivity index (χ0) is 16.2. The molecule has 0 radical (unpaired) electrons. The fraction of sp³-hybridized carbons (Fsp3) is 1.00. The fourth-order valence-corrected chi connectivity index (χ4v) is 4.50. The second kappa shape index (κ2) is 8.24. The van der Waals surface area contributed by atoms with Gasteiger partial charge in [0.15, 0.2) is 0 Å². The molecule has 1 aliphatic carbocycles. The van der Waals surface area contributed by atoms with Crippen molar-refractivity contribution >= 4 is 0 Å². The van der Waals surface area contributed by atoms with E-state index in [4.69, 9.17) is 5.73 Å². The maximum absolute atomic E-state index is 13.6. The standard InChI is InChI=1S/C18H35FN4/c1-13-4-6-16(9-17(13)20)21-10-14-5-7-18(22-11-14)23-8-2-3-15(19)12-23/h13-18,21-22H,2-12,20H2,1H3. The molecule has 0 amide bonds. The first kappa shape index (κ1) is 17.6. The molecular formula is C18H35FN4. The van der Waals surface area contributed by atoms with Crippen LogP contribution >= 0.6 is 0 Å². The largest absolute Gasteiger partial charge is 0.327 e. The highest BCUT2D eigenvalue weighted by Gasteiger charge is 2.30. The van der Waals surface area contributed by atoms with Crippen molar-refractivity contribution in [1.29, 1.82) is 0 Å². The van der Waals surface area contributed by atoms with Crippen molar-refractivity contribution < 1.29 is 4.39 Å². The first-order valence-corrected chi connectivity index (χ1v) is 9.72. The van der Waals surface area contributed by atoms with Gasteiger partial charge >= 0.3 is 0 Å². The monoisotopic (exact) mass is 326 g/mol. The highest BCUT2D eigenvalue weighted by Crippen LogP contribution is 2.24. The molecule has 2 aliphatic heterocycles. The third-order valence-electron chi connectivity index (χ3n) is 6.28. The Balaban J connectivity index is 1.35. The van der Waals surface area contributed by atoms with Crippen LogP contribution in [0.4, 0.5) is 4.39 Å². The van der Waals surface area contributed by atoms with E-state index in [1.54, 1.807) is 0 Å². The van der Waals surface area contributed by atoms with Gasteiger partial charge in [-0.25, -0.2) is 4.39 Å². The zero-order valence-electron chi connectivity index (χ0n) is 14.6. The third-order valence-corrected chi connectivity index (χ3v) is 6.28. The Morgan fingerprint density at radius 2 is 2.09 bits per heavy atom. The second-order valence-corrected chi connectivity index (χ2v) is 8.16. The molecule has 3 fully saturated rings. The van der Waals surface area contributed by atoms with Crippen LogP contribution in [0.25, 0.3) is 0 Å². The number of halogens is 1. The van der Waals surface area contributed by atoms with Gasteiger partial charge in [-0.15, -0.1) is 0 Å². The van der Waals surface area contributed by atoms with Gasteiger partial charge in [0, 0.05) is 25.2 Å². The quantitative estimate of drug-likeness (QED) is 0.738. The third kappa shape index (κ3) is 4.88. The van der Waals surface area contributed by atoms with Crippen LogP contribution in [-0.2, 0) is 0 Å². The molecule has 4 nitrogen and oxygen atoms in total. The molecular weight excluding hydrogens is 291 g/mol. The molecule has 0 spiro atoms. The lowest BCUT2D eigenvalue weighted by atomic mass is 9.83. The maximum Gasteiger partial charge on any atom is 0.113 e. The molecule has 4 N–H and O–H groups in total. The van der Waals surface area contributed by atoms with Crippen LogP contribution in [0.5, 0.6) is 0 Å². The van der Waals surface area contributed by atoms with E-state index in [0.29, 0.717) is 36.6 Å². The first-order chi connectivity index (χ1) is 11.1. The van der Waals surface area contributed by atoms with Crippen molar-refractivity contribution in [3.8, 4) is 0 Å². The van der Waals surface area contributed by atoms with Crippen molar-refractivity contribution in [2.45, 2.75) is 76.3 Å². The van der Waals surface area contributed by atoms with E-state index in [1.807, 2.05) is 0 Å². The molecule has 0 aromatic carbocycles. The number of piperidine rings is 2. The van der Waals surface area contributed by atoms with E-state index < -0.39 is 6.17 Å². The van der Waals surface area contributed by atoms with Crippen molar-refractivity contribution in [1.82, 2.24) is 15.5 Å². The molecule has 5 heteroatoms. The van der Waals surface area contributed by atoms with Crippen LogP contribution in [0.2, 0.25) is 0 Å². The van der Waals surface area contributed by atoms with Gasteiger partial charge in [-0.05, 0) is 69.9 Å². The lowest BCUT2D eigenvalue weighted by Gasteiger charge is -2.41. The molecule has 0 bridgehead atoms. The minimum absolute atomic E-state index is 0.364. The number of hydrogen-bond acceptors (Lipinski definition) is 4. The van der Waals surface area contributed by atoms with E-state index in [9.17, 15) is 4.39 Å². The molecule has 23 heavy (non-hydrogen) atoms. The lowest BCUT2D eigenvalue weighted by Crippen LogP contribution is -2.55. The summed E-state index contributed by atoms with van der Waals surface area (Å²) in [5, 5.41) is 7.41. The average Bonchev–Trinajstić information content (AvgIpc) is 2.56. The summed E-state index contributed by atoms with van der Waals surface area (Å²) < 4.78 is 13.6. The fourth-order valence-electron chi connectivity index (χ4n) is 4.50. The minimum Gasteiger partial charge on any atom is -0.327 e. The van der Waals surface area contributed by atoms with E-state index in [-0.39, 0.29) is 0 Å². The lowest BCUT2D eigenvalue weighted by molar-refractivity contribution is 0.0593. The van der Waals surface area contributed by atoms with Gasteiger partial charge in [-0.3, -0.25) is 4.90 Å². The van der Waals surface area contributed by atoms with Crippen molar-refractivity contribution in [3.05, 3.63) is 0 Å². The summed E-state index contributed by atoms with van der Waals surface area (Å²) >= 11 is 0. The van der Waals surface area contributed by atoms with Crippen LogP contribution in [0.1, 0.15) is 51.9 Å². The number of nitrogens with two attached hydrogens (primary N) is 1. The summed E-state index contributed by atoms with van der Waals surface area (Å²) in [5.41, 5.74) is 6.20.